The SMILES string of the molecule is Clc1ccc(-c2nnc3n2CCN(Cc2cccc4ccccc24)C3)cc1. The topological polar surface area (TPSA) is 34.0 Å². The molecule has 0 atom stereocenters. The standard InChI is InChI=1S/C22H19ClN4/c23-19-10-8-17(9-11-19)22-25-24-21-15-26(12-13-27(21)22)14-18-6-3-5-16-4-1-2-7-20(16)18/h1-11H,12-15H2. The highest BCUT2D eigenvalue weighted by atomic mass is 35.5. The van der Waals surface area contributed by atoms with Crippen molar-refractivity contribution < 1.29 is 0 Å². The maximum absolute atomic E-state index is 6.00. The highest BCUT2D eigenvalue weighted by molar-refractivity contribution is 6.30. The van der Waals surface area contributed by atoms with Crippen molar-refractivity contribution >= 4 is 22.4 Å². The summed E-state index contributed by atoms with van der Waals surface area (Å²) in [5.74, 6) is 1.94. The second-order valence-corrected chi connectivity index (χ2v) is 7.38. The van der Waals surface area contributed by atoms with Gasteiger partial charge in [-0.1, -0.05) is 54.1 Å². The Hall–Kier alpha value is -2.69. The number of hydrogen-bond donors (Lipinski definition) is 0. The molecule has 0 bridgehead atoms. The predicted molar refractivity (Wildman–Crippen MR) is 109 cm³/mol. The molecule has 0 fully saturated rings. The summed E-state index contributed by atoms with van der Waals surface area (Å²) in [4.78, 5) is 2.44. The van der Waals surface area contributed by atoms with E-state index in [9.17, 15) is 0 Å². The second kappa shape index (κ2) is 6.80. The number of aromatic nitrogens is 3. The Bertz CT molecular complexity index is 1100. The fourth-order valence-electron chi connectivity index (χ4n) is 3.83. The molecule has 0 amide bonds. The smallest absolute Gasteiger partial charge is 0.164 e. The van der Waals surface area contributed by atoms with Crippen LogP contribution in [-0.4, -0.2) is 26.2 Å². The van der Waals surface area contributed by atoms with Crippen LogP contribution in [0.1, 0.15) is 11.4 Å². The fraction of sp³-hybridized carbons (Fsp3) is 0.182. The van der Waals surface area contributed by atoms with Gasteiger partial charge in [-0.15, -0.1) is 10.2 Å². The van der Waals surface area contributed by atoms with Gasteiger partial charge in [-0.2, -0.15) is 0 Å². The average Bonchev–Trinajstić information content (AvgIpc) is 3.12. The minimum atomic E-state index is 0.735. The van der Waals surface area contributed by atoms with E-state index >= 15 is 0 Å². The van der Waals surface area contributed by atoms with Crippen molar-refractivity contribution in [3.63, 3.8) is 0 Å². The Balaban J connectivity index is 1.40. The molecule has 4 aromatic rings. The zero-order valence-electron chi connectivity index (χ0n) is 14.8. The number of nitrogens with zero attached hydrogens (tertiary/aromatic N) is 4. The largest absolute Gasteiger partial charge is 0.309 e. The molecule has 0 radical (unpaired) electrons. The van der Waals surface area contributed by atoms with Gasteiger partial charge >= 0.3 is 0 Å². The number of fused-ring (bicyclic) bond motifs is 2. The Labute approximate surface area is 163 Å². The van der Waals surface area contributed by atoms with E-state index in [1.54, 1.807) is 0 Å². The molecule has 27 heavy (non-hydrogen) atoms. The molecule has 0 N–H and O–H groups in total. The Morgan fingerprint density at radius 2 is 1.67 bits per heavy atom. The van der Waals surface area contributed by atoms with Gasteiger partial charge in [0.15, 0.2) is 5.82 Å². The molecule has 0 saturated carbocycles. The lowest BCUT2D eigenvalue weighted by Gasteiger charge is -2.28. The van der Waals surface area contributed by atoms with Gasteiger partial charge in [0.1, 0.15) is 5.82 Å². The molecule has 1 aliphatic heterocycles. The summed E-state index contributed by atoms with van der Waals surface area (Å²) in [7, 11) is 0. The van der Waals surface area contributed by atoms with E-state index in [0.29, 0.717) is 0 Å². The molecule has 3 aromatic carbocycles. The van der Waals surface area contributed by atoms with E-state index in [0.717, 1.165) is 48.4 Å². The average molecular weight is 375 g/mol. The van der Waals surface area contributed by atoms with Gasteiger partial charge in [0.05, 0.1) is 6.54 Å². The lowest BCUT2D eigenvalue weighted by Crippen LogP contribution is -2.33. The third-order valence-electron chi connectivity index (χ3n) is 5.21. The lowest BCUT2D eigenvalue weighted by atomic mass is 10.0. The molecule has 0 spiro atoms. The fourth-order valence-corrected chi connectivity index (χ4v) is 3.95. The number of hydrogen-bond acceptors (Lipinski definition) is 3. The van der Waals surface area contributed by atoms with E-state index in [1.165, 1.54) is 16.3 Å². The van der Waals surface area contributed by atoms with Crippen LogP contribution < -0.4 is 0 Å². The third-order valence-corrected chi connectivity index (χ3v) is 5.46. The summed E-state index contributed by atoms with van der Waals surface area (Å²) in [5.41, 5.74) is 2.42. The summed E-state index contributed by atoms with van der Waals surface area (Å²) in [6.07, 6.45) is 0. The summed E-state index contributed by atoms with van der Waals surface area (Å²) in [6.45, 7) is 3.61. The van der Waals surface area contributed by atoms with E-state index in [1.807, 2.05) is 24.3 Å². The van der Waals surface area contributed by atoms with Gasteiger partial charge in [-0.3, -0.25) is 4.90 Å². The quantitative estimate of drug-likeness (QED) is 0.518. The predicted octanol–water partition coefficient (Wildman–Crippen LogP) is 4.77. The monoisotopic (exact) mass is 374 g/mol. The molecule has 5 rings (SSSR count). The van der Waals surface area contributed by atoms with Gasteiger partial charge in [0.2, 0.25) is 0 Å². The highest BCUT2D eigenvalue weighted by Crippen LogP contribution is 2.25. The molecule has 1 aromatic heterocycles. The molecule has 0 unspecified atom stereocenters. The van der Waals surface area contributed by atoms with Crippen LogP contribution in [0.15, 0.2) is 66.7 Å². The maximum Gasteiger partial charge on any atom is 0.164 e. The summed E-state index contributed by atoms with van der Waals surface area (Å²) in [5, 5.41) is 12.2. The van der Waals surface area contributed by atoms with Crippen LogP contribution in [-0.2, 0) is 19.6 Å². The Morgan fingerprint density at radius 1 is 0.852 bits per heavy atom. The van der Waals surface area contributed by atoms with Gasteiger partial charge in [0.25, 0.3) is 0 Å². The number of halogens is 1. The van der Waals surface area contributed by atoms with Crippen molar-refractivity contribution in [1.29, 1.82) is 0 Å². The summed E-state index contributed by atoms with van der Waals surface area (Å²) < 4.78 is 2.23. The molecular formula is C22H19ClN4. The zero-order valence-corrected chi connectivity index (χ0v) is 15.6. The van der Waals surface area contributed by atoms with Crippen LogP contribution in [0.3, 0.4) is 0 Å². The van der Waals surface area contributed by atoms with Crippen LogP contribution in [0.2, 0.25) is 5.02 Å². The minimum Gasteiger partial charge on any atom is -0.309 e. The van der Waals surface area contributed by atoms with Crippen LogP contribution in [0, 0.1) is 0 Å². The lowest BCUT2D eigenvalue weighted by molar-refractivity contribution is 0.210. The first kappa shape index (κ1) is 16.5. The maximum atomic E-state index is 6.00. The first-order chi connectivity index (χ1) is 13.3. The van der Waals surface area contributed by atoms with Crippen LogP contribution in [0.4, 0.5) is 0 Å². The van der Waals surface area contributed by atoms with Crippen molar-refractivity contribution in [1.82, 2.24) is 19.7 Å². The molecule has 0 aliphatic carbocycles. The molecule has 5 heteroatoms. The van der Waals surface area contributed by atoms with Crippen molar-refractivity contribution in [2.24, 2.45) is 0 Å². The zero-order chi connectivity index (χ0) is 18.2. The van der Waals surface area contributed by atoms with Gasteiger partial charge in [-0.25, -0.2) is 0 Å². The Kier molecular flexibility index (Phi) is 4.15. The van der Waals surface area contributed by atoms with Crippen molar-refractivity contribution in [2.45, 2.75) is 19.6 Å². The number of rotatable bonds is 3. The van der Waals surface area contributed by atoms with E-state index in [-0.39, 0.29) is 0 Å². The van der Waals surface area contributed by atoms with Gasteiger partial charge in [0, 0.05) is 30.2 Å². The molecule has 0 saturated heterocycles. The molecule has 2 heterocycles. The Morgan fingerprint density at radius 3 is 2.56 bits per heavy atom. The number of benzene rings is 3. The van der Waals surface area contributed by atoms with E-state index in [2.05, 4.69) is 62.1 Å². The second-order valence-electron chi connectivity index (χ2n) is 6.95. The van der Waals surface area contributed by atoms with Gasteiger partial charge < -0.3 is 4.57 Å². The molecule has 1 aliphatic rings. The van der Waals surface area contributed by atoms with Crippen LogP contribution in [0.25, 0.3) is 22.2 Å². The van der Waals surface area contributed by atoms with Crippen molar-refractivity contribution in [2.75, 3.05) is 6.54 Å². The van der Waals surface area contributed by atoms with E-state index < -0.39 is 0 Å². The minimum absolute atomic E-state index is 0.735. The molecule has 134 valence electrons. The van der Waals surface area contributed by atoms with Crippen LogP contribution >= 0.6 is 11.6 Å². The first-order valence-corrected chi connectivity index (χ1v) is 9.53. The van der Waals surface area contributed by atoms with Crippen molar-refractivity contribution in [3.8, 4) is 11.4 Å². The van der Waals surface area contributed by atoms with Crippen molar-refractivity contribution in [3.05, 3.63) is 83.1 Å². The highest BCUT2D eigenvalue weighted by Gasteiger charge is 2.22. The van der Waals surface area contributed by atoms with E-state index in [4.69, 9.17) is 11.6 Å². The molecule has 4 nitrogen and oxygen atoms in total. The third kappa shape index (κ3) is 3.11. The molecular weight excluding hydrogens is 356 g/mol. The van der Waals surface area contributed by atoms with Crippen LogP contribution in [0.5, 0.6) is 0 Å². The summed E-state index contributed by atoms with van der Waals surface area (Å²) in [6, 6.07) is 22.9. The summed E-state index contributed by atoms with van der Waals surface area (Å²) >= 11 is 6.00. The normalized spacial score (nSPS) is 14.4. The van der Waals surface area contributed by atoms with Gasteiger partial charge in [-0.05, 0) is 40.6 Å². The first-order valence-electron chi connectivity index (χ1n) is 9.15.